The molecule has 0 unspecified atom stereocenters. The number of hydrogen-bond acceptors (Lipinski definition) is 4. The third-order valence-corrected chi connectivity index (χ3v) is 8.96. The molecule has 0 saturated carbocycles. The van der Waals surface area contributed by atoms with Crippen molar-refractivity contribution in [3.8, 4) is 33.4 Å². The van der Waals surface area contributed by atoms with Gasteiger partial charge in [0, 0.05) is 34.6 Å². The van der Waals surface area contributed by atoms with Crippen molar-refractivity contribution in [3.05, 3.63) is 168 Å². The second-order valence-corrected chi connectivity index (χ2v) is 13.0. The van der Waals surface area contributed by atoms with Crippen LogP contribution >= 0.6 is 0 Å². The summed E-state index contributed by atoms with van der Waals surface area (Å²) in [6, 6.07) is 32.2. The van der Waals surface area contributed by atoms with Gasteiger partial charge in [-0.05, 0) is 123 Å². The van der Waals surface area contributed by atoms with Crippen molar-refractivity contribution >= 4 is 18.2 Å². The van der Waals surface area contributed by atoms with Crippen molar-refractivity contribution in [2.45, 2.75) is 53.9 Å². The molecule has 0 fully saturated rings. The molecule has 0 spiro atoms. The number of rotatable bonds is 7. The average Bonchev–Trinajstić information content (AvgIpc) is 3.11. The topological polar surface area (TPSA) is 41.4 Å². The minimum absolute atomic E-state index is 0.333. The van der Waals surface area contributed by atoms with Crippen molar-refractivity contribution in [2.75, 3.05) is 4.90 Å². The quantitative estimate of drug-likeness (QED) is 0.131. The van der Waals surface area contributed by atoms with Crippen LogP contribution in [0.15, 0.2) is 156 Å². The maximum Gasteiger partial charge on any atom is 0.142 e. The number of allylic oxidation sites excluding steroid dienone is 6. The highest BCUT2D eigenvalue weighted by molar-refractivity contribution is 5.82. The van der Waals surface area contributed by atoms with E-state index in [-0.39, 0.29) is 5.41 Å². The fourth-order valence-corrected chi connectivity index (χ4v) is 6.32. The summed E-state index contributed by atoms with van der Waals surface area (Å²) in [7, 11) is 0. The van der Waals surface area contributed by atoms with Gasteiger partial charge >= 0.3 is 0 Å². The van der Waals surface area contributed by atoms with Gasteiger partial charge in [-0.2, -0.15) is 0 Å². The lowest BCUT2D eigenvalue weighted by molar-refractivity contribution is 0.616. The first-order valence-corrected chi connectivity index (χ1v) is 16.7. The molecule has 1 aliphatic heterocycles. The number of anilines is 2. The minimum Gasteiger partial charge on any atom is -0.278 e. The molecule has 4 heteroatoms. The molecule has 0 amide bonds. The predicted octanol–water partition coefficient (Wildman–Crippen LogP) is 12.2. The van der Waals surface area contributed by atoms with Crippen LogP contribution in [0, 0.1) is 13.8 Å². The molecular formula is C45H46N4. The average molecular weight is 643 g/mol. The molecule has 0 radical (unpaired) electrons. The Bertz CT molecular complexity index is 2080. The lowest BCUT2D eigenvalue weighted by Crippen LogP contribution is -2.33. The zero-order valence-electron chi connectivity index (χ0n) is 29.8. The minimum atomic E-state index is -0.333. The van der Waals surface area contributed by atoms with Gasteiger partial charge in [0.05, 0.1) is 5.69 Å². The smallest absolute Gasteiger partial charge is 0.142 e. The Kier molecular flexibility index (Phi) is 10.7. The summed E-state index contributed by atoms with van der Waals surface area (Å²) in [5.41, 5.74) is 13.6. The third kappa shape index (κ3) is 7.29. The zero-order chi connectivity index (χ0) is 35.1. The van der Waals surface area contributed by atoms with Gasteiger partial charge in [-0.25, -0.2) is 9.98 Å². The largest absolute Gasteiger partial charge is 0.278 e. The number of aryl methyl sites for hydroxylation is 2. The monoisotopic (exact) mass is 642 g/mol. The van der Waals surface area contributed by atoms with Crippen LogP contribution in [0.25, 0.3) is 33.4 Å². The molecule has 4 nitrogen and oxygen atoms in total. The van der Waals surface area contributed by atoms with E-state index in [4.69, 9.17) is 0 Å². The Hall–Kier alpha value is -5.61. The van der Waals surface area contributed by atoms with Crippen molar-refractivity contribution in [2.24, 2.45) is 4.99 Å². The molecule has 3 aromatic carbocycles. The molecule has 0 saturated heterocycles. The van der Waals surface area contributed by atoms with Crippen LogP contribution in [0.5, 0.6) is 0 Å². The van der Waals surface area contributed by atoms with Gasteiger partial charge in [0.15, 0.2) is 0 Å². The van der Waals surface area contributed by atoms with E-state index in [1.807, 2.05) is 55.6 Å². The molecule has 0 N–H and O–H groups in total. The van der Waals surface area contributed by atoms with Crippen molar-refractivity contribution in [1.29, 1.82) is 0 Å². The van der Waals surface area contributed by atoms with E-state index in [1.165, 1.54) is 39.0 Å². The molecule has 0 atom stereocenters. The van der Waals surface area contributed by atoms with Crippen LogP contribution in [0.1, 0.15) is 51.4 Å². The summed E-state index contributed by atoms with van der Waals surface area (Å²) >= 11 is 0. The standard InChI is InChI=1S/C38H34N4.C7H12/c1-7-33-37(39-6)42(36-15-8-9-20-41-36)35-19-18-30(24-34(35)38(33,4)5)28-13-10-12-27(22-28)29-17-16-25(2)32(23-29)31-14-11-21-40-26(31)3;1-4-5-6-7(2)3/h7-24H,1,6H2,2-5H3;4-6H,1-3H3/b;5-4-. The first-order valence-electron chi connectivity index (χ1n) is 16.7. The lowest BCUT2D eigenvalue weighted by Gasteiger charge is -2.41. The van der Waals surface area contributed by atoms with Gasteiger partial charge < -0.3 is 0 Å². The molecule has 49 heavy (non-hydrogen) atoms. The number of aliphatic imine (C=N–C) groups is 1. The van der Waals surface area contributed by atoms with E-state index in [0.717, 1.165) is 39.7 Å². The van der Waals surface area contributed by atoms with E-state index in [0.29, 0.717) is 0 Å². The van der Waals surface area contributed by atoms with Gasteiger partial charge in [0.25, 0.3) is 0 Å². The summed E-state index contributed by atoms with van der Waals surface area (Å²) in [5.74, 6) is 1.56. The number of fused-ring (bicyclic) bond motifs is 1. The van der Waals surface area contributed by atoms with E-state index < -0.39 is 0 Å². The number of benzene rings is 3. The molecule has 5 aromatic rings. The van der Waals surface area contributed by atoms with Gasteiger partial charge in [0.2, 0.25) is 0 Å². The summed E-state index contributed by atoms with van der Waals surface area (Å²) in [5, 5.41) is 0. The summed E-state index contributed by atoms with van der Waals surface area (Å²) in [6.45, 7) is 22.9. The summed E-state index contributed by atoms with van der Waals surface area (Å²) in [4.78, 5) is 15.7. The summed E-state index contributed by atoms with van der Waals surface area (Å²) < 4.78 is 0. The SMILES string of the molecule is C/C=C\C=C(C)C.C=CC1=C(N=C)N(c2ccccn2)c2ccc(-c3cccc(-c4ccc(C)c(-c5cccnc5C)c4)c3)cc2C1(C)C. The predicted molar refractivity (Wildman–Crippen MR) is 210 cm³/mol. The van der Waals surface area contributed by atoms with Crippen LogP contribution in [0.3, 0.4) is 0 Å². The molecule has 2 aromatic heterocycles. The van der Waals surface area contributed by atoms with Crippen LogP contribution < -0.4 is 4.90 Å². The number of hydrogen-bond donors (Lipinski definition) is 0. The van der Waals surface area contributed by atoms with Crippen molar-refractivity contribution in [3.63, 3.8) is 0 Å². The Morgan fingerprint density at radius 1 is 0.776 bits per heavy atom. The Labute approximate surface area is 292 Å². The van der Waals surface area contributed by atoms with Gasteiger partial charge in [-0.15, -0.1) is 0 Å². The Morgan fingerprint density at radius 3 is 2.08 bits per heavy atom. The fourth-order valence-electron chi connectivity index (χ4n) is 6.32. The van der Waals surface area contributed by atoms with E-state index >= 15 is 0 Å². The molecule has 0 aliphatic carbocycles. The van der Waals surface area contributed by atoms with Crippen LogP contribution in [-0.4, -0.2) is 16.7 Å². The van der Waals surface area contributed by atoms with Crippen LogP contribution in [-0.2, 0) is 5.41 Å². The highest BCUT2D eigenvalue weighted by Gasteiger charge is 2.38. The maximum absolute atomic E-state index is 4.65. The number of nitrogens with zero attached hydrogens (tertiary/aromatic N) is 4. The van der Waals surface area contributed by atoms with Gasteiger partial charge in [-0.1, -0.05) is 98.8 Å². The Morgan fingerprint density at radius 2 is 1.47 bits per heavy atom. The van der Waals surface area contributed by atoms with Crippen molar-refractivity contribution in [1.82, 2.24) is 9.97 Å². The number of aromatic nitrogens is 2. The second-order valence-electron chi connectivity index (χ2n) is 13.0. The molecule has 1 aliphatic rings. The molecule has 6 rings (SSSR count). The van der Waals surface area contributed by atoms with E-state index in [1.54, 1.807) is 6.20 Å². The van der Waals surface area contributed by atoms with Crippen LogP contribution in [0.2, 0.25) is 0 Å². The fraction of sp³-hybridized carbons (Fsp3) is 0.178. The van der Waals surface area contributed by atoms with Gasteiger partial charge in [0.1, 0.15) is 11.6 Å². The highest BCUT2D eigenvalue weighted by Crippen LogP contribution is 2.49. The second kappa shape index (κ2) is 15.1. The highest BCUT2D eigenvalue weighted by atomic mass is 15.3. The molecular weight excluding hydrogens is 597 g/mol. The van der Waals surface area contributed by atoms with E-state index in [2.05, 4.69) is 148 Å². The zero-order valence-corrected chi connectivity index (χ0v) is 29.8. The third-order valence-electron chi connectivity index (χ3n) is 8.96. The lowest BCUT2D eigenvalue weighted by atomic mass is 9.73. The van der Waals surface area contributed by atoms with Crippen LogP contribution in [0.4, 0.5) is 11.5 Å². The van der Waals surface area contributed by atoms with Gasteiger partial charge in [-0.3, -0.25) is 9.88 Å². The first-order chi connectivity index (χ1) is 23.6. The maximum atomic E-state index is 4.65. The normalized spacial score (nSPS) is 13.3. The molecule has 0 bridgehead atoms. The molecule has 3 heterocycles. The summed E-state index contributed by atoms with van der Waals surface area (Å²) in [6.07, 6.45) is 11.7. The number of pyridine rings is 2. The van der Waals surface area contributed by atoms with Crippen molar-refractivity contribution < 1.29 is 0 Å². The van der Waals surface area contributed by atoms with E-state index in [9.17, 15) is 0 Å². The Balaban J connectivity index is 0.000000606. The first kappa shape index (κ1) is 34.7. The molecule has 246 valence electrons.